The largest absolute Gasteiger partial charge is 0.394 e. The average Bonchev–Trinajstić information content (AvgIpc) is 3.46. The van der Waals surface area contributed by atoms with Crippen molar-refractivity contribution in [1.82, 2.24) is 15.5 Å². The van der Waals surface area contributed by atoms with E-state index in [4.69, 9.17) is 0 Å². The van der Waals surface area contributed by atoms with Crippen LogP contribution in [0, 0.1) is 17.8 Å². The number of nitrogens with zero attached hydrogens (tertiary/aromatic N) is 1. The van der Waals surface area contributed by atoms with Gasteiger partial charge in [0.2, 0.25) is 17.7 Å². The molecule has 2 unspecified atom stereocenters. The van der Waals surface area contributed by atoms with Crippen LogP contribution in [-0.2, 0) is 20.9 Å². The Morgan fingerprint density at radius 2 is 2.00 bits per heavy atom. The zero-order chi connectivity index (χ0) is 23.0. The van der Waals surface area contributed by atoms with Crippen molar-refractivity contribution in [3.8, 4) is 0 Å². The maximum Gasteiger partial charge on any atom is 0.244 e. The summed E-state index contributed by atoms with van der Waals surface area (Å²) in [6.07, 6.45) is 2.32. The van der Waals surface area contributed by atoms with Gasteiger partial charge in [-0.3, -0.25) is 14.4 Å². The van der Waals surface area contributed by atoms with Gasteiger partial charge in [0.05, 0.1) is 29.2 Å². The van der Waals surface area contributed by atoms with E-state index >= 15 is 0 Å². The van der Waals surface area contributed by atoms with E-state index in [9.17, 15) is 19.5 Å². The topological polar surface area (TPSA) is 98.7 Å². The first-order valence-electron chi connectivity index (χ1n) is 11.5. The van der Waals surface area contributed by atoms with E-state index in [1.54, 1.807) is 23.7 Å². The second-order valence-electron chi connectivity index (χ2n) is 9.25. The highest BCUT2D eigenvalue weighted by atomic mass is 32.2. The lowest BCUT2D eigenvalue weighted by Crippen LogP contribution is -2.57. The van der Waals surface area contributed by atoms with Crippen molar-refractivity contribution in [2.45, 2.75) is 61.7 Å². The number of carbonyl (C=O) groups is 3. The van der Waals surface area contributed by atoms with Gasteiger partial charge in [0.1, 0.15) is 6.04 Å². The fourth-order valence-electron chi connectivity index (χ4n) is 5.91. The number of amides is 3. The number of hydrogen-bond donors (Lipinski definition) is 3. The van der Waals surface area contributed by atoms with Crippen LogP contribution < -0.4 is 10.6 Å². The summed E-state index contributed by atoms with van der Waals surface area (Å²) in [5, 5.41) is 16.1. The van der Waals surface area contributed by atoms with Crippen molar-refractivity contribution in [3.05, 3.63) is 35.9 Å². The monoisotopic (exact) mass is 459 g/mol. The second-order valence-corrected chi connectivity index (χ2v) is 10.9. The molecule has 3 aliphatic rings. The fourth-order valence-corrected chi connectivity index (χ4v) is 8.12. The Hall–Kier alpha value is -2.06. The smallest absolute Gasteiger partial charge is 0.244 e. The Morgan fingerprint density at radius 1 is 1.28 bits per heavy atom. The number of benzene rings is 1. The van der Waals surface area contributed by atoms with Crippen molar-refractivity contribution < 1.29 is 19.5 Å². The Labute approximate surface area is 193 Å². The number of rotatable bonds is 8. The number of aliphatic hydroxyl groups excluding tert-OH is 1. The minimum absolute atomic E-state index is 0.0317. The minimum atomic E-state index is -0.695. The molecule has 7 atom stereocenters. The van der Waals surface area contributed by atoms with Crippen molar-refractivity contribution in [1.29, 1.82) is 0 Å². The molecule has 0 aliphatic carbocycles. The van der Waals surface area contributed by atoms with Gasteiger partial charge < -0.3 is 20.6 Å². The van der Waals surface area contributed by atoms with Crippen LogP contribution in [-0.4, -0.2) is 63.5 Å². The van der Waals surface area contributed by atoms with Crippen LogP contribution in [0.5, 0.6) is 0 Å². The molecule has 0 radical (unpaired) electrons. The molecule has 3 aliphatic heterocycles. The number of hydrogen-bond acceptors (Lipinski definition) is 5. The second kappa shape index (κ2) is 9.06. The maximum absolute atomic E-state index is 13.9. The number of likely N-dealkylation sites (tertiary alicyclic amines) is 1. The van der Waals surface area contributed by atoms with Gasteiger partial charge >= 0.3 is 0 Å². The number of aliphatic hydroxyl groups is 1. The SMILES string of the molecule is CC[C@H](C)[C@H](CO)N1C(=O)[C@@H]2[C@H](C(=O)NC)[C@@H]3CCC2(S3)C1C(=O)NCc1ccccc1. The third kappa shape index (κ3) is 3.52. The molecule has 174 valence electrons. The summed E-state index contributed by atoms with van der Waals surface area (Å²) in [7, 11) is 1.60. The van der Waals surface area contributed by atoms with E-state index in [2.05, 4.69) is 10.6 Å². The molecule has 3 heterocycles. The van der Waals surface area contributed by atoms with Gasteiger partial charge in [-0.25, -0.2) is 0 Å². The number of nitrogens with one attached hydrogen (secondary N) is 2. The van der Waals surface area contributed by atoms with Gasteiger partial charge in [0.15, 0.2) is 0 Å². The lowest BCUT2D eigenvalue weighted by atomic mass is 9.70. The number of carbonyl (C=O) groups excluding carboxylic acids is 3. The van der Waals surface area contributed by atoms with Crippen LogP contribution in [0.25, 0.3) is 0 Å². The Kier molecular flexibility index (Phi) is 6.54. The Morgan fingerprint density at radius 3 is 2.62 bits per heavy atom. The standard InChI is InChI=1S/C24H33N3O4S/c1-4-14(2)16(13-28)27-20(22(30)26-12-15-8-6-5-7-9-15)24-11-10-17(32-24)18(21(29)25-3)19(24)23(27)31/h5-9,14,16-20,28H,4,10-13H2,1-3H3,(H,25,29)(H,26,30)/t14-,16-,17-,18+,19-,20?,24?/m0/s1. The van der Waals surface area contributed by atoms with Crippen LogP contribution in [0.3, 0.4) is 0 Å². The maximum atomic E-state index is 13.9. The highest BCUT2D eigenvalue weighted by Gasteiger charge is 2.74. The van der Waals surface area contributed by atoms with Crippen LogP contribution in [0.15, 0.2) is 30.3 Å². The van der Waals surface area contributed by atoms with Gasteiger partial charge in [0, 0.05) is 18.8 Å². The molecule has 1 aromatic rings. The van der Waals surface area contributed by atoms with E-state index in [1.165, 1.54) is 0 Å². The predicted octanol–water partition coefficient (Wildman–Crippen LogP) is 1.55. The van der Waals surface area contributed by atoms with Crippen LogP contribution in [0.2, 0.25) is 0 Å². The molecule has 4 rings (SSSR count). The molecule has 32 heavy (non-hydrogen) atoms. The molecule has 1 spiro atoms. The zero-order valence-corrected chi connectivity index (χ0v) is 19.7. The predicted molar refractivity (Wildman–Crippen MR) is 124 cm³/mol. The molecule has 2 bridgehead atoms. The molecular formula is C24H33N3O4S. The third-order valence-electron chi connectivity index (χ3n) is 7.69. The molecule has 0 aromatic heterocycles. The molecule has 3 N–H and O–H groups in total. The fraction of sp³-hybridized carbons (Fsp3) is 0.625. The molecule has 3 fully saturated rings. The molecule has 3 saturated heterocycles. The lowest BCUT2D eigenvalue weighted by molar-refractivity contribution is -0.143. The van der Waals surface area contributed by atoms with Gasteiger partial charge in [0.25, 0.3) is 0 Å². The van der Waals surface area contributed by atoms with Crippen molar-refractivity contribution in [2.24, 2.45) is 17.8 Å². The first-order valence-corrected chi connectivity index (χ1v) is 12.4. The van der Waals surface area contributed by atoms with E-state index in [1.807, 2.05) is 44.2 Å². The van der Waals surface area contributed by atoms with Gasteiger partial charge in [-0.05, 0) is 24.3 Å². The zero-order valence-electron chi connectivity index (χ0n) is 18.9. The summed E-state index contributed by atoms with van der Waals surface area (Å²) in [4.78, 5) is 41.9. The Balaban J connectivity index is 1.70. The highest BCUT2D eigenvalue weighted by Crippen LogP contribution is 2.66. The van der Waals surface area contributed by atoms with Crippen molar-refractivity contribution >= 4 is 29.5 Å². The summed E-state index contributed by atoms with van der Waals surface area (Å²) in [6.45, 7) is 4.19. The van der Waals surface area contributed by atoms with E-state index in [0.29, 0.717) is 6.54 Å². The van der Waals surface area contributed by atoms with Crippen molar-refractivity contribution in [3.63, 3.8) is 0 Å². The minimum Gasteiger partial charge on any atom is -0.394 e. The van der Waals surface area contributed by atoms with Crippen molar-refractivity contribution in [2.75, 3.05) is 13.7 Å². The average molecular weight is 460 g/mol. The van der Waals surface area contributed by atoms with Gasteiger partial charge in [-0.1, -0.05) is 50.6 Å². The first-order chi connectivity index (χ1) is 15.4. The van der Waals surface area contributed by atoms with E-state index < -0.39 is 28.7 Å². The molecular weight excluding hydrogens is 426 g/mol. The first kappa shape index (κ1) is 23.1. The number of thioether (sulfide) groups is 1. The summed E-state index contributed by atoms with van der Waals surface area (Å²) in [5.74, 6) is -1.42. The third-order valence-corrected chi connectivity index (χ3v) is 9.64. The van der Waals surface area contributed by atoms with Gasteiger partial charge in [-0.15, -0.1) is 11.8 Å². The number of fused-ring (bicyclic) bond motifs is 1. The lowest BCUT2D eigenvalue weighted by Gasteiger charge is -2.39. The molecule has 7 nitrogen and oxygen atoms in total. The highest BCUT2D eigenvalue weighted by molar-refractivity contribution is 8.02. The van der Waals surface area contributed by atoms with Crippen LogP contribution >= 0.6 is 11.8 Å². The quantitative estimate of drug-likeness (QED) is 0.548. The van der Waals surface area contributed by atoms with E-state index in [0.717, 1.165) is 24.8 Å². The summed E-state index contributed by atoms with van der Waals surface area (Å²) in [5.41, 5.74) is 0.984. The molecule has 0 saturated carbocycles. The van der Waals surface area contributed by atoms with E-state index in [-0.39, 0.29) is 35.5 Å². The summed E-state index contributed by atoms with van der Waals surface area (Å²) in [6, 6.07) is 8.53. The molecule has 3 amide bonds. The van der Waals surface area contributed by atoms with Gasteiger partial charge in [-0.2, -0.15) is 0 Å². The summed E-state index contributed by atoms with van der Waals surface area (Å²) >= 11 is 1.65. The normalized spacial score (nSPS) is 32.5. The molecule has 8 heteroatoms. The van der Waals surface area contributed by atoms with Crippen LogP contribution in [0.1, 0.15) is 38.7 Å². The Bertz CT molecular complexity index is 881. The van der Waals surface area contributed by atoms with Crippen LogP contribution in [0.4, 0.5) is 0 Å². The summed E-state index contributed by atoms with van der Waals surface area (Å²) < 4.78 is -0.624. The molecule has 1 aromatic carbocycles.